The molecule has 67 heavy (non-hydrogen) atoms. The van der Waals surface area contributed by atoms with Crippen molar-refractivity contribution >= 4 is 60.8 Å². The van der Waals surface area contributed by atoms with Crippen LogP contribution in [-0.2, 0) is 19.4 Å². The number of H-pyrrole nitrogens is 2. The Morgan fingerprint density at radius 1 is 0.672 bits per heavy atom. The number of ether oxygens (including phenoxy) is 1. The second-order valence-corrected chi connectivity index (χ2v) is 21.0. The molecule has 2 saturated carbocycles. The largest absolute Gasteiger partial charge is 0.460 e. The van der Waals surface area contributed by atoms with Gasteiger partial charge in [0.1, 0.15) is 16.9 Å². The van der Waals surface area contributed by atoms with Crippen molar-refractivity contribution in [3.05, 3.63) is 84.7 Å². The number of unbranched alkanes of at least 4 members (excludes halogenated alkanes) is 1. The first-order valence-electron chi connectivity index (χ1n) is 23.9. The fourth-order valence-corrected chi connectivity index (χ4v) is 10.2. The van der Waals surface area contributed by atoms with Gasteiger partial charge in [0.2, 0.25) is 0 Å². The van der Waals surface area contributed by atoms with Gasteiger partial charge >= 0.3 is 5.97 Å². The second kappa shape index (κ2) is 22.7. The van der Waals surface area contributed by atoms with E-state index in [4.69, 9.17) is 4.74 Å². The summed E-state index contributed by atoms with van der Waals surface area (Å²) in [6.07, 6.45) is 18.7. The number of pyridine rings is 4. The van der Waals surface area contributed by atoms with Gasteiger partial charge in [0.25, 0.3) is 0 Å². The van der Waals surface area contributed by atoms with Crippen molar-refractivity contribution in [1.82, 2.24) is 29.9 Å². The van der Waals surface area contributed by atoms with Crippen molar-refractivity contribution in [2.24, 2.45) is 11.8 Å². The summed E-state index contributed by atoms with van der Waals surface area (Å²) in [6.45, 7) is 15.6. The molecule has 6 heterocycles. The molecular formula is C52H68N8O6S. The maximum atomic E-state index is 12.2. The zero-order valence-corrected chi connectivity index (χ0v) is 41.2. The number of carbonyl (C=O) groups excluding carboxylic acids is 3. The number of rotatable bonds is 17. The van der Waals surface area contributed by atoms with Crippen LogP contribution in [0.1, 0.15) is 140 Å². The summed E-state index contributed by atoms with van der Waals surface area (Å²) in [5.74, 6) is 1.07. The average Bonchev–Trinajstić information content (AvgIpc) is 3.98. The smallest absolute Gasteiger partial charge is 0.306 e. The number of nitrogens with one attached hydrogen (secondary N) is 4. The van der Waals surface area contributed by atoms with E-state index in [1.807, 2.05) is 78.2 Å². The highest BCUT2D eigenvalue weighted by Gasteiger charge is 2.35. The molecule has 0 radical (unpaired) electrons. The fraction of sp³-hybridized carbons (Fsp3) is 0.481. The van der Waals surface area contributed by atoms with Crippen LogP contribution < -0.4 is 10.6 Å². The number of nitrogens with zero attached hydrogens (tertiary/aromatic N) is 4. The number of aromatic amines is 2. The monoisotopic (exact) mass is 932 g/mol. The molecule has 2 aliphatic rings. The Labute approximate surface area is 395 Å². The minimum absolute atomic E-state index is 0.0731. The zero-order valence-electron chi connectivity index (χ0n) is 40.4. The topological polar surface area (TPSA) is 202 Å². The van der Waals surface area contributed by atoms with E-state index in [1.54, 1.807) is 36.9 Å². The minimum Gasteiger partial charge on any atom is -0.460 e. The van der Waals surface area contributed by atoms with Crippen LogP contribution in [-0.4, -0.2) is 85.0 Å². The van der Waals surface area contributed by atoms with Gasteiger partial charge in [0.05, 0.1) is 28.5 Å². The van der Waals surface area contributed by atoms with Crippen molar-refractivity contribution in [3.63, 3.8) is 0 Å². The number of esters is 1. The molecule has 0 bridgehead atoms. The number of hydrogen-bond acceptors (Lipinski definition) is 12. The predicted octanol–water partition coefficient (Wildman–Crippen LogP) is 11.2. The number of sulfone groups is 1. The molecule has 14 nitrogen and oxygen atoms in total. The normalized spacial score (nSPS) is 17.8. The van der Waals surface area contributed by atoms with Crippen molar-refractivity contribution in [1.29, 1.82) is 0 Å². The Balaban J connectivity index is 0.000000205. The molecule has 0 aliphatic heterocycles. The number of fused-ring (bicyclic) bond motifs is 2. The molecule has 0 aromatic carbocycles. The standard InChI is InChI=1S/C25H30N4O3.C23H28N4O3S.C4H10/c1-5-21(30)16-6-8-26-20(13-16)19-14-28-24-18(7-9-27-24)23(19)29-17-10-15(11-17)12-22(31)32-25(2,3)4;1-3-9-31(29,30)14-15-10-17(11-15)27-22-18-6-8-25-23(18)26-13-19(22)20-12-16(5-7-24-20)21(28)4-2;1-3-4-2/h6-9,13-15,17H,5,10-12H2,1-4H3,(H2,27,28,29);5-8,12-13,15,17H,3-4,9-11,14H2,1-2H3,(H2,25,26,27);3-4H2,1-2H3. The van der Waals surface area contributed by atoms with Crippen LogP contribution in [0.2, 0.25) is 0 Å². The molecule has 0 atom stereocenters. The van der Waals surface area contributed by atoms with Crippen LogP contribution in [0.4, 0.5) is 11.4 Å². The maximum absolute atomic E-state index is 12.2. The minimum atomic E-state index is -2.97. The Kier molecular flexibility index (Phi) is 17.1. The molecule has 2 fully saturated rings. The van der Waals surface area contributed by atoms with Gasteiger partial charge in [-0.2, -0.15) is 0 Å². The number of hydrogen-bond donors (Lipinski definition) is 4. The summed E-state index contributed by atoms with van der Waals surface area (Å²) in [5.41, 5.74) is 7.37. The number of anilines is 2. The summed E-state index contributed by atoms with van der Waals surface area (Å²) in [7, 11) is -2.97. The highest BCUT2D eigenvalue weighted by atomic mass is 32.2. The van der Waals surface area contributed by atoms with Gasteiger partial charge < -0.3 is 25.3 Å². The lowest BCUT2D eigenvalue weighted by Gasteiger charge is -2.37. The number of ketones is 2. The summed E-state index contributed by atoms with van der Waals surface area (Å²) in [4.78, 5) is 60.8. The lowest BCUT2D eigenvalue weighted by Crippen LogP contribution is -2.39. The predicted molar refractivity (Wildman–Crippen MR) is 268 cm³/mol. The van der Waals surface area contributed by atoms with Gasteiger partial charge in [-0.1, -0.05) is 47.5 Å². The average molecular weight is 933 g/mol. The van der Waals surface area contributed by atoms with Crippen molar-refractivity contribution < 1.29 is 27.5 Å². The lowest BCUT2D eigenvalue weighted by molar-refractivity contribution is -0.156. The van der Waals surface area contributed by atoms with Gasteiger partial charge in [-0.3, -0.25) is 24.4 Å². The van der Waals surface area contributed by atoms with Gasteiger partial charge in [-0.25, -0.2) is 18.4 Å². The molecule has 0 unspecified atom stereocenters. The molecule has 2 aliphatic carbocycles. The van der Waals surface area contributed by atoms with Crippen molar-refractivity contribution in [2.75, 3.05) is 22.1 Å². The Morgan fingerprint density at radius 3 is 1.55 bits per heavy atom. The van der Waals surface area contributed by atoms with E-state index in [0.29, 0.717) is 54.1 Å². The van der Waals surface area contributed by atoms with Crippen molar-refractivity contribution in [2.45, 2.75) is 137 Å². The summed E-state index contributed by atoms with van der Waals surface area (Å²) in [6, 6.07) is 11.5. The van der Waals surface area contributed by atoms with Crippen molar-refractivity contribution in [3.8, 4) is 22.5 Å². The number of Topliss-reactive ketones (excluding diaryl/α,β-unsaturated/α-hetero) is 2. The zero-order chi connectivity index (χ0) is 48.3. The molecular weight excluding hydrogens is 865 g/mol. The third-order valence-electron chi connectivity index (χ3n) is 12.1. The van der Waals surface area contributed by atoms with Gasteiger partial charge in [0.15, 0.2) is 21.4 Å². The van der Waals surface area contributed by atoms with Crippen LogP contribution in [0.25, 0.3) is 44.6 Å². The summed E-state index contributed by atoms with van der Waals surface area (Å²) in [5, 5.41) is 9.19. The molecule has 0 spiro atoms. The van der Waals surface area contributed by atoms with Gasteiger partial charge in [-0.05, 0) is 101 Å². The SMILES string of the molecule is CCC(=O)c1ccnc(-c2cnc3[nH]ccc3c2NC2CC(CC(=O)OC(C)(C)C)C2)c1.CCCC.CCCS(=O)(=O)CC1CC(Nc2c(-c3cc(C(=O)CC)ccn3)cnc3[nH]ccc23)C1. The lowest BCUT2D eigenvalue weighted by atomic mass is 9.78. The van der Waals surface area contributed by atoms with E-state index in [-0.39, 0.29) is 47.0 Å². The van der Waals surface area contributed by atoms with E-state index in [2.05, 4.69) is 54.4 Å². The molecule has 15 heteroatoms. The molecule has 358 valence electrons. The maximum Gasteiger partial charge on any atom is 0.306 e. The van der Waals surface area contributed by atoms with E-state index < -0.39 is 15.4 Å². The van der Waals surface area contributed by atoms with Crippen LogP contribution in [0.15, 0.2) is 73.6 Å². The highest BCUT2D eigenvalue weighted by molar-refractivity contribution is 7.91. The van der Waals surface area contributed by atoms with Gasteiger partial charge in [-0.15, -0.1) is 0 Å². The highest BCUT2D eigenvalue weighted by Crippen LogP contribution is 2.40. The fourth-order valence-electron chi connectivity index (χ4n) is 8.42. The summed E-state index contributed by atoms with van der Waals surface area (Å²) < 4.78 is 29.7. The number of aromatic nitrogens is 6. The van der Waals surface area contributed by atoms with E-state index in [0.717, 1.165) is 70.3 Å². The number of carbonyl (C=O) groups is 3. The third-order valence-corrected chi connectivity index (χ3v) is 14.1. The molecule has 0 amide bonds. The first-order valence-corrected chi connectivity index (χ1v) is 25.7. The quantitative estimate of drug-likeness (QED) is 0.0499. The van der Waals surface area contributed by atoms with E-state index in [9.17, 15) is 22.8 Å². The molecule has 6 aromatic rings. The first kappa shape index (κ1) is 50.5. The Bertz CT molecular complexity index is 2740. The molecule has 6 aromatic heterocycles. The van der Waals surface area contributed by atoms with Crippen LogP contribution >= 0.6 is 0 Å². The molecule has 8 rings (SSSR count). The van der Waals surface area contributed by atoms with Crippen LogP contribution in [0, 0.1) is 11.8 Å². The third kappa shape index (κ3) is 13.4. The Morgan fingerprint density at radius 2 is 1.13 bits per heavy atom. The first-order chi connectivity index (χ1) is 32.0. The van der Waals surface area contributed by atoms with E-state index in [1.165, 1.54) is 12.8 Å². The Hall–Kier alpha value is -5.96. The van der Waals surface area contributed by atoms with Gasteiger partial charge in [0, 0.05) is 107 Å². The molecule has 4 N–H and O–H groups in total. The van der Waals surface area contributed by atoms with E-state index >= 15 is 0 Å². The molecule has 0 saturated heterocycles. The van der Waals surface area contributed by atoms with Crippen LogP contribution in [0.5, 0.6) is 0 Å². The summed E-state index contributed by atoms with van der Waals surface area (Å²) >= 11 is 0. The van der Waals surface area contributed by atoms with Crippen LogP contribution in [0.3, 0.4) is 0 Å². The second-order valence-electron chi connectivity index (χ2n) is 18.7.